The van der Waals surface area contributed by atoms with Gasteiger partial charge in [-0.3, -0.25) is 0 Å². The fraction of sp³-hybridized carbons (Fsp3) is 0.310. The number of hydrogen-bond acceptors (Lipinski definition) is 7. The minimum atomic E-state index is -0.668. The molecule has 1 aliphatic heterocycles. The molecule has 0 bridgehead atoms. The van der Waals surface area contributed by atoms with Crippen LogP contribution in [0, 0.1) is 0 Å². The molecule has 0 radical (unpaired) electrons. The highest BCUT2D eigenvalue weighted by Crippen LogP contribution is 2.47. The Labute approximate surface area is 216 Å². The van der Waals surface area contributed by atoms with Crippen molar-refractivity contribution in [3.8, 4) is 21.7 Å². The lowest BCUT2D eigenvalue weighted by molar-refractivity contribution is -0.0738. The summed E-state index contributed by atoms with van der Waals surface area (Å²) in [5, 5.41) is 11.3. The summed E-state index contributed by atoms with van der Waals surface area (Å²) in [5.41, 5.74) is 9.79. The Balaban J connectivity index is 1.28. The number of hydrogen-bond donors (Lipinski definition) is 2. The lowest BCUT2D eigenvalue weighted by Crippen LogP contribution is -2.58. The first-order valence-corrected chi connectivity index (χ1v) is 13.3. The van der Waals surface area contributed by atoms with Crippen molar-refractivity contribution in [1.29, 1.82) is 0 Å². The molecular formula is C29H31N5OS. The van der Waals surface area contributed by atoms with E-state index in [9.17, 15) is 5.11 Å². The second-order valence-electron chi connectivity index (χ2n) is 10.3. The van der Waals surface area contributed by atoms with Gasteiger partial charge in [0.15, 0.2) is 5.13 Å². The van der Waals surface area contributed by atoms with Crippen molar-refractivity contribution in [3.63, 3.8) is 0 Å². The third-order valence-electron chi connectivity index (χ3n) is 7.30. The normalized spacial score (nSPS) is 24.0. The fourth-order valence-corrected chi connectivity index (χ4v) is 6.71. The summed E-state index contributed by atoms with van der Waals surface area (Å²) >= 11 is 1.76. The molecule has 6 nitrogen and oxygen atoms in total. The first-order valence-electron chi connectivity index (χ1n) is 12.5. The molecule has 1 saturated heterocycles. The van der Waals surface area contributed by atoms with Crippen molar-refractivity contribution >= 4 is 22.3 Å². The molecule has 184 valence electrons. The van der Waals surface area contributed by atoms with Crippen molar-refractivity contribution in [2.75, 3.05) is 36.0 Å². The fourth-order valence-electron chi connectivity index (χ4n) is 5.56. The van der Waals surface area contributed by atoms with Crippen LogP contribution >= 0.6 is 11.3 Å². The zero-order chi connectivity index (χ0) is 24.8. The highest BCUT2D eigenvalue weighted by Gasteiger charge is 2.49. The van der Waals surface area contributed by atoms with Gasteiger partial charge in [0.2, 0.25) is 0 Å². The van der Waals surface area contributed by atoms with E-state index < -0.39 is 11.1 Å². The van der Waals surface area contributed by atoms with Crippen LogP contribution in [0.1, 0.15) is 25.3 Å². The molecule has 36 heavy (non-hydrogen) atoms. The van der Waals surface area contributed by atoms with Gasteiger partial charge in [0.25, 0.3) is 0 Å². The monoisotopic (exact) mass is 497 g/mol. The maximum Gasteiger partial charge on any atom is 0.186 e. The zero-order valence-electron chi connectivity index (χ0n) is 20.5. The van der Waals surface area contributed by atoms with Crippen molar-refractivity contribution in [1.82, 2.24) is 9.97 Å². The van der Waals surface area contributed by atoms with Crippen LogP contribution in [0.15, 0.2) is 79.0 Å². The van der Waals surface area contributed by atoms with Crippen molar-refractivity contribution in [2.45, 2.75) is 30.9 Å². The number of pyridine rings is 1. The van der Waals surface area contributed by atoms with Gasteiger partial charge in [0.1, 0.15) is 5.82 Å². The highest BCUT2D eigenvalue weighted by atomic mass is 32.1. The molecular weight excluding hydrogens is 466 g/mol. The molecule has 3 heterocycles. The number of aliphatic hydroxyl groups is 1. The second-order valence-corrected chi connectivity index (χ2v) is 11.3. The van der Waals surface area contributed by atoms with E-state index in [0.717, 1.165) is 53.9 Å². The van der Waals surface area contributed by atoms with Crippen molar-refractivity contribution < 1.29 is 5.11 Å². The van der Waals surface area contributed by atoms with Crippen molar-refractivity contribution in [2.24, 2.45) is 5.73 Å². The Kier molecular flexibility index (Phi) is 5.79. The Morgan fingerprint density at radius 1 is 0.833 bits per heavy atom. The molecule has 2 fully saturated rings. The highest BCUT2D eigenvalue weighted by molar-refractivity contribution is 7.19. The first-order chi connectivity index (χ1) is 17.4. The average Bonchev–Trinajstić information content (AvgIpc) is 3.34. The van der Waals surface area contributed by atoms with Crippen LogP contribution in [0.5, 0.6) is 0 Å². The van der Waals surface area contributed by atoms with Gasteiger partial charge in [-0.15, -0.1) is 0 Å². The van der Waals surface area contributed by atoms with E-state index in [2.05, 4.69) is 69.4 Å². The van der Waals surface area contributed by atoms with Gasteiger partial charge in [-0.1, -0.05) is 72.0 Å². The molecule has 6 rings (SSSR count). The molecule has 0 amide bonds. The molecule has 7 heteroatoms. The number of thiazole rings is 1. The maximum absolute atomic E-state index is 10.2. The summed E-state index contributed by atoms with van der Waals surface area (Å²) < 4.78 is 0. The Bertz CT molecular complexity index is 1320. The first kappa shape index (κ1) is 23.2. The zero-order valence-corrected chi connectivity index (χ0v) is 21.3. The molecule has 2 aliphatic rings. The van der Waals surface area contributed by atoms with E-state index in [4.69, 9.17) is 10.7 Å². The van der Waals surface area contributed by atoms with Gasteiger partial charge in [0.05, 0.1) is 16.2 Å². The molecule has 1 aliphatic carbocycles. The number of benzene rings is 2. The molecule has 3 N–H and O–H groups in total. The van der Waals surface area contributed by atoms with Crippen LogP contribution in [0.3, 0.4) is 0 Å². The standard InChI is InChI=1S/C29H31N5OS/c1-28(35)19-29(30,20-28)23-12-10-21(11-13-23)25-26(22-7-3-2-4-8-22)36-27(32-25)34-17-15-33(16-18-34)24-9-5-6-14-31-24/h2-14,35H,15-20,30H2,1H3/t28-,29+. The van der Waals surface area contributed by atoms with Crippen LogP contribution in [0.25, 0.3) is 21.7 Å². The smallest absolute Gasteiger partial charge is 0.186 e. The number of anilines is 2. The summed E-state index contributed by atoms with van der Waals surface area (Å²) in [4.78, 5) is 15.6. The number of nitrogens with zero attached hydrogens (tertiary/aromatic N) is 4. The van der Waals surface area contributed by atoms with Gasteiger partial charge < -0.3 is 20.6 Å². The third-order valence-corrected chi connectivity index (χ3v) is 8.47. The van der Waals surface area contributed by atoms with E-state index in [1.165, 1.54) is 10.4 Å². The predicted octanol–water partition coefficient (Wildman–Crippen LogP) is 4.90. The Hall–Kier alpha value is -3.26. The third kappa shape index (κ3) is 4.39. The molecule has 1 saturated carbocycles. The van der Waals surface area contributed by atoms with E-state index in [0.29, 0.717) is 12.8 Å². The molecule has 2 aromatic heterocycles. The van der Waals surface area contributed by atoms with Crippen LogP contribution in [-0.2, 0) is 5.54 Å². The average molecular weight is 498 g/mol. The summed E-state index contributed by atoms with van der Waals surface area (Å²) in [6, 6.07) is 25.0. The Morgan fingerprint density at radius 3 is 2.14 bits per heavy atom. The van der Waals surface area contributed by atoms with E-state index in [1.54, 1.807) is 11.3 Å². The van der Waals surface area contributed by atoms with E-state index in [-0.39, 0.29) is 0 Å². The number of aromatic nitrogens is 2. The summed E-state index contributed by atoms with van der Waals surface area (Å²) in [6.45, 7) is 5.51. The maximum atomic E-state index is 10.2. The summed E-state index contributed by atoms with van der Waals surface area (Å²) in [7, 11) is 0. The summed E-state index contributed by atoms with van der Waals surface area (Å²) in [6.07, 6.45) is 3.02. The van der Waals surface area contributed by atoms with Crippen LogP contribution in [0.2, 0.25) is 0 Å². The molecule has 4 aromatic rings. The predicted molar refractivity (Wildman–Crippen MR) is 147 cm³/mol. The lowest BCUT2D eigenvalue weighted by atomic mass is 9.63. The van der Waals surface area contributed by atoms with Crippen LogP contribution in [-0.4, -0.2) is 46.9 Å². The molecule has 0 unspecified atom stereocenters. The minimum Gasteiger partial charge on any atom is -0.390 e. The van der Waals surface area contributed by atoms with Gasteiger partial charge in [0, 0.05) is 43.5 Å². The van der Waals surface area contributed by atoms with E-state index in [1.807, 2.05) is 31.3 Å². The molecule has 0 spiro atoms. The number of piperazine rings is 1. The lowest BCUT2D eigenvalue weighted by Gasteiger charge is -2.49. The minimum absolute atomic E-state index is 0.454. The van der Waals surface area contributed by atoms with Gasteiger partial charge in [-0.25, -0.2) is 9.97 Å². The largest absolute Gasteiger partial charge is 0.390 e. The number of nitrogens with two attached hydrogens (primary N) is 1. The quantitative estimate of drug-likeness (QED) is 0.408. The second kappa shape index (κ2) is 9.00. The van der Waals surface area contributed by atoms with Crippen LogP contribution in [0.4, 0.5) is 10.9 Å². The summed E-state index contributed by atoms with van der Waals surface area (Å²) in [5.74, 6) is 1.03. The van der Waals surface area contributed by atoms with Crippen molar-refractivity contribution in [3.05, 3.63) is 84.6 Å². The molecule has 2 aromatic carbocycles. The Morgan fingerprint density at radius 2 is 1.50 bits per heavy atom. The SMILES string of the molecule is C[C@]1(O)C[C@](N)(c2ccc(-c3nc(N4CCN(c5ccccn5)CC4)sc3-c3ccccc3)cc2)C1. The topological polar surface area (TPSA) is 78.5 Å². The van der Waals surface area contributed by atoms with E-state index >= 15 is 0 Å². The number of rotatable bonds is 5. The van der Waals surface area contributed by atoms with Gasteiger partial charge in [-0.05, 0) is 43.0 Å². The van der Waals surface area contributed by atoms with Crippen LogP contribution < -0.4 is 15.5 Å². The molecule has 0 atom stereocenters. The van der Waals surface area contributed by atoms with Gasteiger partial charge >= 0.3 is 0 Å². The van der Waals surface area contributed by atoms with Gasteiger partial charge in [-0.2, -0.15) is 0 Å².